The molecule has 2 unspecified atom stereocenters. The van der Waals surface area contributed by atoms with Gasteiger partial charge in [0, 0.05) is 12.3 Å². The third-order valence-electron chi connectivity index (χ3n) is 6.02. The number of hydrogen-bond acceptors (Lipinski definition) is 2. The molecule has 0 aromatic heterocycles. The van der Waals surface area contributed by atoms with Crippen molar-refractivity contribution in [2.45, 2.75) is 32.8 Å². The van der Waals surface area contributed by atoms with Crippen LogP contribution < -0.4 is 0 Å². The van der Waals surface area contributed by atoms with Gasteiger partial charge in [0.1, 0.15) is 5.60 Å². The van der Waals surface area contributed by atoms with Gasteiger partial charge in [0.05, 0.1) is 11.4 Å². The van der Waals surface area contributed by atoms with Crippen molar-refractivity contribution in [3.8, 4) is 0 Å². The number of allylic oxidation sites excluding steroid dienone is 4. The van der Waals surface area contributed by atoms with Gasteiger partial charge in [-0.15, -0.1) is 0 Å². The molecule has 0 aliphatic carbocycles. The molecule has 0 bridgehead atoms. The van der Waals surface area contributed by atoms with E-state index in [2.05, 4.69) is 50.8 Å². The first-order valence-corrected chi connectivity index (χ1v) is 11.4. The highest BCUT2D eigenvalue weighted by molar-refractivity contribution is 6.03. The lowest BCUT2D eigenvalue weighted by Gasteiger charge is -2.34. The molecule has 168 valence electrons. The van der Waals surface area contributed by atoms with Crippen LogP contribution in [0.25, 0.3) is 0 Å². The SMILES string of the molecule is C=C/C=C\C=C/C(C)C(O)(CC(=Nc1c(C)cccc1C)c1ccccc1)c1ccccc1. The van der Waals surface area contributed by atoms with E-state index in [1.54, 1.807) is 6.08 Å². The summed E-state index contributed by atoms with van der Waals surface area (Å²) in [6.07, 6.45) is 9.93. The van der Waals surface area contributed by atoms with Gasteiger partial charge in [0.25, 0.3) is 0 Å². The van der Waals surface area contributed by atoms with E-state index >= 15 is 0 Å². The van der Waals surface area contributed by atoms with Crippen LogP contribution in [0.1, 0.15) is 35.6 Å². The van der Waals surface area contributed by atoms with E-state index in [9.17, 15) is 5.11 Å². The number of aliphatic hydroxyl groups is 1. The summed E-state index contributed by atoms with van der Waals surface area (Å²) in [5, 5.41) is 12.2. The van der Waals surface area contributed by atoms with Gasteiger partial charge >= 0.3 is 0 Å². The molecule has 3 aromatic carbocycles. The lowest BCUT2D eigenvalue weighted by atomic mass is 9.77. The lowest BCUT2D eigenvalue weighted by molar-refractivity contribution is 0.00810. The standard InChI is InChI=1S/C31H33NO/c1-5-6-7-10-18-26(4)31(33,28-21-13-9-14-22-28)23-29(27-19-11-8-12-20-27)32-30-24(2)16-15-17-25(30)3/h5-22,26,33H,1,23H2,2-4H3/b7-6-,18-10-,32-29?. The minimum atomic E-state index is -1.13. The van der Waals surface area contributed by atoms with Gasteiger partial charge in [-0.3, -0.25) is 4.99 Å². The maximum absolute atomic E-state index is 12.2. The molecule has 0 saturated heterocycles. The van der Waals surface area contributed by atoms with Crippen molar-refractivity contribution in [3.05, 3.63) is 138 Å². The Morgan fingerprint density at radius 2 is 1.48 bits per heavy atom. The zero-order valence-electron chi connectivity index (χ0n) is 19.8. The first kappa shape index (κ1) is 24.2. The highest BCUT2D eigenvalue weighted by Crippen LogP contribution is 2.37. The third kappa shape index (κ3) is 6.06. The molecular weight excluding hydrogens is 402 g/mol. The van der Waals surface area contributed by atoms with Crippen LogP contribution in [-0.4, -0.2) is 10.8 Å². The molecule has 0 heterocycles. The van der Waals surface area contributed by atoms with E-state index < -0.39 is 5.60 Å². The Morgan fingerprint density at radius 3 is 2.09 bits per heavy atom. The van der Waals surface area contributed by atoms with Crippen LogP contribution in [0.2, 0.25) is 0 Å². The summed E-state index contributed by atoms with van der Waals surface area (Å²) in [5.74, 6) is -0.152. The van der Waals surface area contributed by atoms with Crippen LogP contribution in [0.4, 0.5) is 5.69 Å². The molecule has 3 aromatic rings. The van der Waals surface area contributed by atoms with Crippen molar-refractivity contribution in [1.29, 1.82) is 0 Å². The number of aliphatic imine (C=N–C) groups is 1. The summed E-state index contributed by atoms with van der Waals surface area (Å²) in [6.45, 7) is 9.92. The summed E-state index contributed by atoms with van der Waals surface area (Å²) in [6, 6.07) is 26.3. The molecule has 0 aliphatic rings. The third-order valence-corrected chi connectivity index (χ3v) is 6.02. The molecule has 2 heteroatoms. The Labute approximate surface area is 198 Å². The van der Waals surface area contributed by atoms with Crippen molar-refractivity contribution in [3.63, 3.8) is 0 Å². The van der Waals surface area contributed by atoms with Gasteiger partial charge in [-0.25, -0.2) is 0 Å². The molecule has 2 nitrogen and oxygen atoms in total. The summed E-state index contributed by atoms with van der Waals surface area (Å²) in [7, 11) is 0. The van der Waals surface area contributed by atoms with E-state index in [0.717, 1.165) is 33.7 Å². The smallest absolute Gasteiger partial charge is 0.101 e. The molecule has 33 heavy (non-hydrogen) atoms. The fraction of sp³-hybridized carbons (Fsp3) is 0.194. The van der Waals surface area contributed by atoms with Crippen molar-refractivity contribution in [1.82, 2.24) is 0 Å². The minimum Gasteiger partial charge on any atom is -0.384 e. The normalized spacial score (nSPS) is 15.0. The monoisotopic (exact) mass is 435 g/mol. The van der Waals surface area contributed by atoms with Gasteiger partial charge in [0.15, 0.2) is 0 Å². The molecule has 0 aliphatic heterocycles. The maximum Gasteiger partial charge on any atom is 0.101 e. The van der Waals surface area contributed by atoms with Crippen molar-refractivity contribution in [2.24, 2.45) is 10.9 Å². The molecule has 3 rings (SSSR count). The maximum atomic E-state index is 12.2. The van der Waals surface area contributed by atoms with Gasteiger partial charge in [-0.1, -0.05) is 123 Å². The van der Waals surface area contributed by atoms with E-state index in [-0.39, 0.29) is 5.92 Å². The fourth-order valence-electron chi connectivity index (χ4n) is 3.99. The fourth-order valence-corrected chi connectivity index (χ4v) is 3.99. The summed E-state index contributed by atoms with van der Waals surface area (Å²) < 4.78 is 0. The molecule has 1 N–H and O–H groups in total. The van der Waals surface area contributed by atoms with Gasteiger partial charge in [0.2, 0.25) is 0 Å². The number of hydrogen-bond donors (Lipinski definition) is 1. The molecule has 2 atom stereocenters. The van der Waals surface area contributed by atoms with Gasteiger partial charge in [-0.2, -0.15) is 0 Å². The van der Waals surface area contributed by atoms with E-state index in [1.807, 2.05) is 79.8 Å². The van der Waals surface area contributed by atoms with Crippen LogP contribution in [0, 0.1) is 19.8 Å². The zero-order valence-corrected chi connectivity index (χ0v) is 19.8. The quantitative estimate of drug-likeness (QED) is 0.272. The molecule has 0 spiro atoms. The van der Waals surface area contributed by atoms with E-state index in [4.69, 9.17) is 4.99 Å². The molecule has 0 fully saturated rings. The molecule has 0 saturated carbocycles. The number of benzene rings is 3. The van der Waals surface area contributed by atoms with Crippen LogP contribution in [-0.2, 0) is 5.60 Å². The van der Waals surface area contributed by atoms with Crippen molar-refractivity contribution < 1.29 is 5.11 Å². The summed E-state index contributed by atoms with van der Waals surface area (Å²) >= 11 is 0. The molecular formula is C31H33NO. The van der Waals surface area contributed by atoms with E-state index in [1.165, 1.54) is 0 Å². The number of para-hydroxylation sites is 1. The minimum absolute atomic E-state index is 0.152. The topological polar surface area (TPSA) is 32.6 Å². The number of nitrogens with zero attached hydrogens (tertiary/aromatic N) is 1. The van der Waals surface area contributed by atoms with Crippen molar-refractivity contribution in [2.75, 3.05) is 0 Å². The second-order valence-corrected chi connectivity index (χ2v) is 8.43. The van der Waals surface area contributed by atoms with Crippen molar-refractivity contribution >= 4 is 11.4 Å². The summed E-state index contributed by atoms with van der Waals surface area (Å²) in [4.78, 5) is 5.14. The Kier molecular flexibility index (Phi) is 8.34. The Hall–Kier alpha value is -3.49. The Morgan fingerprint density at radius 1 is 0.879 bits per heavy atom. The first-order chi connectivity index (χ1) is 16.0. The van der Waals surface area contributed by atoms with Crippen LogP contribution in [0.5, 0.6) is 0 Å². The second-order valence-electron chi connectivity index (χ2n) is 8.43. The van der Waals surface area contributed by atoms with Crippen LogP contribution in [0.3, 0.4) is 0 Å². The highest BCUT2D eigenvalue weighted by atomic mass is 16.3. The second kappa shape index (κ2) is 11.4. The predicted molar refractivity (Wildman–Crippen MR) is 141 cm³/mol. The van der Waals surface area contributed by atoms with Crippen LogP contribution >= 0.6 is 0 Å². The Bertz CT molecular complexity index is 1120. The lowest BCUT2D eigenvalue weighted by Crippen LogP contribution is -2.35. The largest absolute Gasteiger partial charge is 0.384 e. The van der Waals surface area contributed by atoms with Gasteiger partial charge < -0.3 is 5.11 Å². The average Bonchev–Trinajstić information content (AvgIpc) is 2.84. The van der Waals surface area contributed by atoms with Gasteiger partial charge in [-0.05, 0) is 36.1 Å². The first-order valence-electron chi connectivity index (χ1n) is 11.4. The van der Waals surface area contributed by atoms with E-state index in [0.29, 0.717) is 6.42 Å². The zero-order chi connectivity index (χ0) is 23.7. The molecule has 0 radical (unpaired) electrons. The average molecular weight is 436 g/mol. The predicted octanol–water partition coefficient (Wildman–Crippen LogP) is 7.64. The number of aryl methyl sites for hydroxylation is 2. The highest BCUT2D eigenvalue weighted by Gasteiger charge is 2.36. The Balaban J connectivity index is 2.13. The number of rotatable bonds is 9. The van der Waals surface area contributed by atoms with Crippen LogP contribution in [0.15, 0.2) is 121 Å². The summed E-state index contributed by atoms with van der Waals surface area (Å²) in [5.41, 5.74) is 4.82. The molecule has 0 amide bonds.